The van der Waals surface area contributed by atoms with E-state index in [2.05, 4.69) is 5.32 Å². The summed E-state index contributed by atoms with van der Waals surface area (Å²) in [5, 5.41) is 12.5. The van der Waals surface area contributed by atoms with E-state index in [4.69, 9.17) is 4.74 Å². The van der Waals surface area contributed by atoms with Gasteiger partial charge in [-0.3, -0.25) is 9.59 Å². The number of carbonyl (C=O) groups excluding carboxylic acids is 2. The van der Waals surface area contributed by atoms with Crippen molar-refractivity contribution in [3.63, 3.8) is 0 Å². The van der Waals surface area contributed by atoms with Crippen LogP contribution in [0, 0.1) is 5.41 Å². The zero-order valence-corrected chi connectivity index (χ0v) is 15.8. The SMILES string of the molecule is CCOC1CC(NC(=O)c2cccc(C(=O)N(C)C)c2)(C(=O)O)C1(C)C. The van der Waals surface area contributed by atoms with Crippen LogP contribution in [0.5, 0.6) is 0 Å². The fraction of sp³-hybridized carbons (Fsp3) is 0.526. The summed E-state index contributed by atoms with van der Waals surface area (Å²) in [6.45, 7) is 5.88. The first kappa shape index (κ1) is 19.9. The van der Waals surface area contributed by atoms with E-state index in [0.717, 1.165) is 0 Å². The first-order chi connectivity index (χ1) is 12.1. The lowest BCUT2D eigenvalue weighted by atomic mass is 9.54. The van der Waals surface area contributed by atoms with E-state index < -0.39 is 22.8 Å². The molecule has 2 unspecified atom stereocenters. The van der Waals surface area contributed by atoms with Gasteiger partial charge in [0, 0.05) is 43.7 Å². The van der Waals surface area contributed by atoms with Crippen molar-refractivity contribution in [2.45, 2.75) is 38.8 Å². The largest absolute Gasteiger partial charge is 0.479 e. The van der Waals surface area contributed by atoms with Gasteiger partial charge in [0.1, 0.15) is 5.54 Å². The van der Waals surface area contributed by atoms with E-state index >= 15 is 0 Å². The quantitative estimate of drug-likeness (QED) is 0.804. The van der Waals surface area contributed by atoms with Gasteiger partial charge in [-0.2, -0.15) is 0 Å². The van der Waals surface area contributed by atoms with Crippen LogP contribution in [-0.4, -0.2) is 60.1 Å². The highest BCUT2D eigenvalue weighted by Crippen LogP contribution is 2.51. The van der Waals surface area contributed by atoms with Crippen LogP contribution in [0.15, 0.2) is 24.3 Å². The topological polar surface area (TPSA) is 95.9 Å². The predicted molar refractivity (Wildman–Crippen MR) is 96.1 cm³/mol. The predicted octanol–water partition coefficient (Wildman–Crippen LogP) is 1.78. The standard InChI is InChI=1S/C19H26N2O5/c1-6-26-14-11-19(17(24)25,18(14,2)3)20-15(22)12-8-7-9-13(10-12)16(23)21(4)5/h7-10,14H,6,11H2,1-5H3,(H,20,22)(H,24,25). The summed E-state index contributed by atoms with van der Waals surface area (Å²) in [4.78, 5) is 38.2. The molecule has 142 valence electrons. The molecule has 2 amide bonds. The van der Waals surface area contributed by atoms with Crippen molar-refractivity contribution < 1.29 is 24.2 Å². The Kier molecular flexibility index (Phi) is 5.41. The molecule has 2 atom stereocenters. The number of carboxylic acid groups (broad SMARTS) is 1. The van der Waals surface area contributed by atoms with Gasteiger partial charge in [-0.25, -0.2) is 4.79 Å². The van der Waals surface area contributed by atoms with Gasteiger partial charge in [0.05, 0.1) is 6.10 Å². The van der Waals surface area contributed by atoms with E-state index in [-0.39, 0.29) is 24.0 Å². The lowest BCUT2D eigenvalue weighted by Gasteiger charge is -2.58. The van der Waals surface area contributed by atoms with Crippen molar-refractivity contribution in [1.82, 2.24) is 10.2 Å². The molecular weight excluding hydrogens is 336 g/mol. The van der Waals surface area contributed by atoms with E-state index in [1.165, 1.54) is 11.0 Å². The molecule has 0 heterocycles. The van der Waals surface area contributed by atoms with Crippen molar-refractivity contribution in [3.8, 4) is 0 Å². The van der Waals surface area contributed by atoms with Crippen LogP contribution in [0.3, 0.4) is 0 Å². The van der Waals surface area contributed by atoms with Crippen LogP contribution in [0.4, 0.5) is 0 Å². The highest BCUT2D eigenvalue weighted by atomic mass is 16.5. The van der Waals surface area contributed by atoms with Crippen LogP contribution in [0.1, 0.15) is 47.9 Å². The molecule has 2 rings (SSSR count). The smallest absolute Gasteiger partial charge is 0.330 e. The highest BCUT2D eigenvalue weighted by molar-refractivity contribution is 6.01. The third kappa shape index (κ3) is 3.19. The third-order valence-electron chi connectivity index (χ3n) is 5.23. The summed E-state index contributed by atoms with van der Waals surface area (Å²) in [5.41, 5.74) is -1.56. The Morgan fingerprint density at radius 1 is 1.27 bits per heavy atom. The normalized spacial score (nSPS) is 23.7. The number of carbonyl (C=O) groups is 3. The van der Waals surface area contributed by atoms with Gasteiger partial charge >= 0.3 is 5.97 Å². The Labute approximate surface area is 153 Å². The number of nitrogens with zero attached hydrogens (tertiary/aromatic N) is 1. The molecule has 26 heavy (non-hydrogen) atoms. The zero-order chi connectivity index (χ0) is 19.7. The Hall–Kier alpha value is -2.41. The van der Waals surface area contributed by atoms with Crippen molar-refractivity contribution >= 4 is 17.8 Å². The maximum Gasteiger partial charge on any atom is 0.330 e. The van der Waals surface area contributed by atoms with Crippen LogP contribution >= 0.6 is 0 Å². The molecule has 1 saturated carbocycles. The first-order valence-corrected chi connectivity index (χ1v) is 8.56. The van der Waals surface area contributed by atoms with Gasteiger partial charge in [0.15, 0.2) is 0 Å². The van der Waals surface area contributed by atoms with Gasteiger partial charge in [-0.05, 0) is 25.1 Å². The minimum Gasteiger partial charge on any atom is -0.479 e. The molecule has 1 aromatic carbocycles. The number of rotatable bonds is 6. The van der Waals surface area contributed by atoms with Crippen molar-refractivity contribution in [2.75, 3.05) is 20.7 Å². The fourth-order valence-corrected chi connectivity index (χ4v) is 3.35. The van der Waals surface area contributed by atoms with Crippen molar-refractivity contribution in [3.05, 3.63) is 35.4 Å². The summed E-state index contributed by atoms with van der Waals surface area (Å²) in [5.74, 6) is -1.84. The number of nitrogens with one attached hydrogen (secondary N) is 1. The number of carboxylic acids is 1. The molecule has 0 saturated heterocycles. The third-order valence-corrected chi connectivity index (χ3v) is 5.23. The number of ether oxygens (including phenoxy) is 1. The average Bonchev–Trinajstić information content (AvgIpc) is 2.59. The van der Waals surface area contributed by atoms with Gasteiger partial charge in [-0.15, -0.1) is 0 Å². The summed E-state index contributed by atoms with van der Waals surface area (Å²) in [6, 6.07) is 6.25. The van der Waals surface area contributed by atoms with Crippen LogP contribution < -0.4 is 5.32 Å². The van der Waals surface area contributed by atoms with Crippen LogP contribution in [-0.2, 0) is 9.53 Å². The van der Waals surface area contributed by atoms with E-state index in [1.54, 1.807) is 46.1 Å². The maximum atomic E-state index is 12.7. The number of hydrogen-bond donors (Lipinski definition) is 2. The number of amides is 2. The maximum absolute atomic E-state index is 12.7. The summed E-state index contributed by atoms with van der Waals surface area (Å²) >= 11 is 0. The molecule has 1 aromatic rings. The molecule has 0 radical (unpaired) electrons. The van der Waals surface area contributed by atoms with Crippen LogP contribution in [0.25, 0.3) is 0 Å². The first-order valence-electron chi connectivity index (χ1n) is 8.56. The van der Waals surface area contributed by atoms with E-state index in [0.29, 0.717) is 12.2 Å². The minimum atomic E-state index is -1.41. The molecule has 0 aliphatic heterocycles. The molecule has 7 nitrogen and oxygen atoms in total. The van der Waals surface area contributed by atoms with Gasteiger partial charge in [-0.1, -0.05) is 19.9 Å². The summed E-state index contributed by atoms with van der Waals surface area (Å²) < 4.78 is 5.60. The van der Waals surface area contributed by atoms with E-state index in [1.807, 2.05) is 6.92 Å². The number of aliphatic carboxylic acids is 1. The lowest BCUT2D eigenvalue weighted by molar-refractivity contribution is -0.190. The Bertz CT molecular complexity index is 728. The summed E-state index contributed by atoms with van der Waals surface area (Å²) in [6.07, 6.45) is -0.0452. The van der Waals surface area contributed by atoms with Crippen molar-refractivity contribution in [1.29, 1.82) is 0 Å². The molecule has 7 heteroatoms. The number of benzene rings is 1. The van der Waals surface area contributed by atoms with Gasteiger partial charge in [0.25, 0.3) is 11.8 Å². The second-order valence-corrected chi connectivity index (χ2v) is 7.31. The van der Waals surface area contributed by atoms with E-state index in [9.17, 15) is 19.5 Å². The van der Waals surface area contributed by atoms with Crippen LogP contribution in [0.2, 0.25) is 0 Å². The molecule has 1 fully saturated rings. The Balaban J connectivity index is 2.27. The molecule has 0 aromatic heterocycles. The monoisotopic (exact) mass is 362 g/mol. The minimum absolute atomic E-state index is 0.200. The fourth-order valence-electron chi connectivity index (χ4n) is 3.35. The van der Waals surface area contributed by atoms with Gasteiger partial charge in [0.2, 0.25) is 0 Å². The lowest BCUT2D eigenvalue weighted by Crippen LogP contribution is -2.76. The Morgan fingerprint density at radius 2 is 1.88 bits per heavy atom. The van der Waals surface area contributed by atoms with Crippen molar-refractivity contribution in [2.24, 2.45) is 5.41 Å². The number of hydrogen-bond acceptors (Lipinski definition) is 4. The average molecular weight is 362 g/mol. The molecule has 0 bridgehead atoms. The molecule has 0 spiro atoms. The summed E-state index contributed by atoms with van der Waals surface area (Å²) in [7, 11) is 3.25. The molecule has 2 N–H and O–H groups in total. The Morgan fingerprint density at radius 3 is 2.38 bits per heavy atom. The second-order valence-electron chi connectivity index (χ2n) is 7.31. The van der Waals surface area contributed by atoms with Gasteiger partial charge < -0.3 is 20.1 Å². The second kappa shape index (κ2) is 7.07. The molecule has 1 aliphatic rings. The highest BCUT2D eigenvalue weighted by Gasteiger charge is 2.66. The molecule has 1 aliphatic carbocycles. The zero-order valence-electron chi connectivity index (χ0n) is 15.8. The molecular formula is C19H26N2O5.